The summed E-state index contributed by atoms with van der Waals surface area (Å²) >= 11 is 3.22. The standard InChI is InChI=1S/C10H8BrN5O4/c11-4-8-6-14(13-12-8)5-7-1-2-9(15(17)18)3-10(7)16(19)20/h1-3,6H,4-5H2. The lowest BCUT2D eigenvalue weighted by molar-refractivity contribution is -0.394. The molecular formula is C10H8BrN5O4. The molecule has 20 heavy (non-hydrogen) atoms. The van der Waals surface area contributed by atoms with Gasteiger partial charge in [0.25, 0.3) is 11.4 Å². The average molecular weight is 342 g/mol. The predicted molar refractivity (Wildman–Crippen MR) is 71.5 cm³/mol. The largest absolute Gasteiger partial charge is 0.281 e. The molecule has 0 amide bonds. The van der Waals surface area contributed by atoms with E-state index in [-0.39, 0.29) is 17.9 Å². The molecule has 2 rings (SSSR count). The highest BCUT2D eigenvalue weighted by Crippen LogP contribution is 2.25. The zero-order valence-electron chi connectivity index (χ0n) is 9.97. The Morgan fingerprint density at radius 3 is 2.55 bits per heavy atom. The molecule has 0 aliphatic rings. The summed E-state index contributed by atoms with van der Waals surface area (Å²) in [6.07, 6.45) is 1.64. The minimum Gasteiger partial charge on any atom is -0.258 e. The van der Waals surface area contributed by atoms with Gasteiger partial charge in [0.15, 0.2) is 0 Å². The number of nitro groups is 2. The highest BCUT2D eigenvalue weighted by atomic mass is 79.9. The van der Waals surface area contributed by atoms with Gasteiger partial charge in [0, 0.05) is 17.6 Å². The monoisotopic (exact) mass is 341 g/mol. The van der Waals surface area contributed by atoms with Gasteiger partial charge in [0.05, 0.1) is 33.7 Å². The molecule has 0 bridgehead atoms. The van der Waals surface area contributed by atoms with Crippen molar-refractivity contribution >= 4 is 27.3 Å². The van der Waals surface area contributed by atoms with E-state index in [4.69, 9.17) is 0 Å². The van der Waals surface area contributed by atoms with Gasteiger partial charge in [0.2, 0.25) is 0 Å². The van der Waals surface area contributed by atoms with Crippen molar-refractivity contribution in [1.29, 1.82) is 0 Å². The van der Waals surface area contributed by atoms with E-state index in [2.05, 4.69) is 26.2 Å². The number of non-ortho nitro benzene ring substituents is 1. The molecule has 0 saturated heterocycles. The second-order valence-corrected chi connectivity index (χ2v) is 4.43. The van der Waals surface area contributed by atoms with Crippen LogP contribution in [0.3, 0.4) is 0 Å². The van der Waals surface area contributed by atoms with E-state index in [0.717, 1.165) is 6.07 Å². The van der Waals surface area contributed by atoms with Crippen LogP contribution in [0.15, 0.2) is 24.4 Å². The van der Waals surface area contributed by atoms with E-state index >= 15 is 0 Å². The van der Waals surface area contributed by atoms with E-state index < -0.39 is 9.85 Å². The molecule has 0 unspecified atom stereocenters. The Balaban J connectivity index is 2.35. The fourth-order valence-corrected chi connectivity index (χ4v) is 1.88. The lowest BCUT2D eigenvalue weighted by Gasteiger charge is -2.02. The number of hydrogen-bond acceptors (Lipinski definition) is 6. The lowest BCUT2D eigenvalue weighted by atomic mass is 10.1. The number of nitro benzene ring substituents is 2. The summed E-state index contributed by atoms with van der Waals surface area (Å²) < 4.78 is 1.44. The molecule has 0 fully saturated rings. The van der Waals surface area contributed by atoms with Crippen LogP contribution >= 0.6 is 15.9 Å². The summed E-state index contributed by atoms with van der Waals surface area (Å²) in [5.74, 6) is 0. The maximum Gasteiger partial charge on any atom is 0.281 e. The van der Waals surface area contributed by atoms with Crippen LogP contribution < -0.4 is 0 Å². The molecule has 0 N–H and O–H groups in total. The van der Waals surface area contributed by atoms with Gasteiger partial charge in [-0.25, -0.2) is 4.68 Å². The fourth-order valence-electron chi connectivity index (χ4n) is 1.62. The Morgan fingerprint density at radius 2 is 2.00 bits per heavy atom. The molecule has 0 aliphatic heterocycles. The van der Waals surface area contributed by atoms with E-state index in [1.165, 1.54) is 16.8 Å². The van der Waals surface area contributed by atoms with Gasteiger partial charge >= 0.3 is 0 Å². The smallest absolute Gasteiger partial charge is 0.258 e. The molecule has 1 heterocycles. The SMILES string of the molecule is O=[N+]([O-])c1ccc(Cn2cc(CBr)nn2)c([N+](=O)[O-])c1. The van der Waals surface area contributed by atoms with Crippen molar-refractivity contribution in [1.82, 2.24) is 15.0 Å². The predicted octanol–water partition coefficient (Wildman–Crippen LogP) is 2.04. The first kappa shape index (κ1) is 14.1. The third-order valence-corrected chi connectivity index (χ3v) is 3.11. The number of aromatic nitrogens is 3. The van der Waals surface area contributed by atoms with Crippen LogP contribution in [0, 0.1) is 20.2 Å². The van der Waals surface area contributed by atoms with Crippen LogP contribution in [0.25, 0.3) is 0 Å². The van der Waals surface area contributed by atoms with Gasteiger partial charge in [-0.1, -0.05) is 21.1 Å². The van der Waals surface area contributed by atoms with Gasteiger partial charge in [-0.2, -0.15) is 0 Å². The summed E-state index contributed by atoms with van der Waals surface area (Å²) in [4.78, 5) is 20.3. The quantitative estimate of drug-likeness (QED) is 0.466. The first-order chi connectivity index (χ1) is 9.51. The first-order valence-electron chi connectivity index (χ1n) is 5.38. The summed E-state index contributed by atoms with van der Waals surface area (Å²) in [5.41, 5.74) is 0.386. The Kier molecular flexibility index (Phi) is 4.03. The van der Waals surface area contributed by atoms with Crippen LogP contribution in [-0.4, -0.2) is 24.8 Å². The van der Waals surface area contributed by atoms with Gasteiger partial charge in [-0.3, -0.25) is 20.2 Å². The second-order valence-electron chi connectivity index (χ2n) is 3.87. The highest BCUT2D eigenvalue weighted by molar-refractivity contribution is 9.08. The van der Waals surface area contributed by atoms with Gasteiger partial charge in [-0.05, 0) is 6.07 Å². The van der Waals surface area contributed by atoms with Crippen molar-refractivity contribution in [2.45, 2.75) is 11.9 Å². The Hall–Kier alpha value is -2.36. The van der Waals surface area contributed by atoms with Gasteiger partial charge in [0.1, 0.15) is 0 Å². The van der Waals surface area contributed by atoms with Crippen molar-refractivity contribution in [2.24, 2.45) is 0 Å². The second kappa shape index (κ2) is 5.74. The van der Waals surface area contributed by atoms with Crippen LogP contribution in [0.1, 0.15) is 11.3 Å². The fraction of sp³-hybridized carbons (Fsp3) is 0.200. The number of rotatable bonds is 5. The zero-order chi connectivity index (χ0) is 14.7. The molecule has 1 aromatic carbocycles. The molecular weight excluding hydrogens is 334 g/mol. The van der Waals surface area contributed by atoms with Gasteiger partial charge in [-0.15, -0.1) is 5.10 Å². The topological polar surface area (TPSA) is 117 Å². The third kappa shape index (κ3) is 2.96. The van der Waals surface area contributed by atoms with Crippen molar-refractivity contribution < 1.29 is 9.85 Å². The molecule has 10 heteroatoms. The van der Waals surface area contributed by atoms with E-state index in [1.807, 2.05) is 0 Å². The zero-order valence-corrected chi connectivity index (χ0v) is 11.6. The molecule has 0 saturated carbocycles. The van der Waals surface area contributed by atoms with Crippen molar-refractivity contribution in [3.63, 3.8) is 0 Å². The minimum absolute atomic E-state index is 0.119. The maximum atomic E-state index is 11.0. The summed E-state index contributed by atoms with van der Waals surface area (Å²) in [6.45, 7) is 0.119. The van der Waals surface area contributed by atoms with E-state index in [9.17, 15) is 20.2 Å². The van der Waals surface area contributed by atoms with Crippen LogP contribution in [0.2, 0.25) is 0 Å². The molecule has 9 nitrogen and oxygen atoms in total. The van der Waals surface area contributed by atoms with Crippen LogP contribution in [0.4, 0.5) is 11.4 Å². The molecule has 0 aliphatic carbocycles. The molecule has 2 aromatic rings. The number of benzene rings is 1. The molecule has 0 spiro atoms. The van der Waals surface area contributed by atoms with Gasteiger partial charge < -0.3 is 0 Å². The summed E-state index contributed by atoms with van der Waals surface area (Å²) in [7, 11) is 0. The van der Waals surface area contributed by atoms with Crippen LogP contribution in [-0.2, 0) is 11.9 Å². The van der Waals surface area contributed by atoms with E-state index in [0.29, 0.717) is 16.6 Å². The summed E-state index contributed by atoms with van der Waals surface area (Å²) in [5, 5.41) is 29.8. The molecule has 1 aromatic heterocycles. The number of nitrogens with zero attached hydrogens (tertiary/aromatic N) is 5. The Morgan fingerprint density at radius 1 is 1.25 bits per heavy atom. The third-order valence-electron chi connectivity index (χ3n) is 2.53. The lowest BCUT2D eigenvalue weighted by Crippen LogP contribution is -2.04. The first-order valence-corrected chi connectivity index (χ1v) is 6.50. The molecule has 0 atom stereocenters. The minimum atomic E-state index is -0.671. The number of hydrogen-bond donors (Lipinski definition) is 0. The van der Waals surface area contributed by atoms with Crippen molar-refractivity contribution in [3.05, 3.63) is 55.9 Å². The Labute approximate surface area is 120 Å². The van der Waals surface area contributed by atoms with Crippen molar-refractivity contribution in [3.8, 4) is 0 Å². The number of halogens is 1. The number of alkyl halides is 1. The maximum absolute atomic E-state index is 11.0. The normalized spacial score (nSPS) is 10.4. The molecule has 0 radical (unpaired) electrons. The van der Waals surface area contributed by atoms with E-state index in [1.54, 1.807) is 6.20 Å². The van der Waals surface area contributed by atoms with Crippen LogP contribution in [0.5, 0.6) is 0 Å². The average Bonchev–Trinajstić information content (AvgIpc) is 2.86. The van der Waals surface area contributed by atoms with Crippen molar-refractivity contribution in [2.75, 3.05) is 0 Å². The summed E-state index contributed by atoms with van der Waals surface area (Å²) in [6, 6.07) is 3.52. The Bertz CT molecular complexity index is 671. The highest BCUT2D eigenvalue weighted by Gasteiger charge is 2.19. The molecule has 104 valence electrons.